The van der Waals surface area contributed by atoms with E-state index < -0.39 is 5.97 Å². The van der Waals surface area contributed by atoms with Gasteiger partial charge in [-0.25, -0.2) is 9.97 Å². The molecule has 0 bridgehead atoms. The second-order valence-electron chi connectivity index (χ2n) is 5.27. The van der Waals surface area contributed by atoms with E-state index in [4.69, 9.17) is 5.11 Å². The molecular formula is C14H17N3O2S. The van der Waals surface area contributed by atoms with Gasteiger partial charge in [0.2, 0.25) is 0 Å². The van der Waals surface area contributed by atoms with Crippen LogP contribution in [0.2, 0.25) is 0 Å². The summed E-state index contributed by atoms with van der Waals surface area (Å²) in [6, 6.07) is 4.18. The lowest BCUT2D eigenvalue weighted by Crippen LogP contribution is -2.14. The third-order valence-electron chi connectivity index (χ3n) is 3.89. The Labute approximate surface area is 121 Å². The summed E-state index contributed by atoms with van der Waals surface area (Å²) in [5.41, 5.74) is 1.72. The Morgan fingerprint density at radius 1 is 1.55 bits per heavy atom. The zero-order valence-corrected chi connectivity index (χ0v) is 12.1. The first-order valence-corrected chi connectivity index (χ1v) is 7.83. The van der Waals surface area contributed by atoms with Crippen molar-refractivity contribution < 1.29 is 9.90 Å². The molecule has 0 aromatic carbocycles. The van der Waals surface area contributed by atoms with E-state index in [0.717, 1.165) is 22.7 Å². The molecular weight excluding hydrogens is 274 g/mol. The van der Waals surface area contributed by atoms with Crippen molar-refractivity contribution in [2.24, 2.45) is 5.92 Å². The standard InChI is InChI=1S/C14H17N3O2S/c1-9-4-2-6-11(9)17-13-10(5-3-7-15-13)16-14(17)20-8-12(18)19/h3,5,7,9,11H,2,4,6,8H2,1H3,(H,18,19). The number of carbonyl (C=O) groups is 1. The molecule has 2 aromatic rings. The summed E-state index contributed by atoms with van der Waals surface area (Å²) in [7, 11) is 0. The van der Waals surface area contributed by atoms with Gasteiger partial charge in [0.05, 0.1) is 5.75 Å². The summed E-state index contributed by atoms with van der Waals surface area (Å²) in [4.78, 5) is 19.8. The largest absolute Gasteiger partial charge is 0.481 e. The quantitative estimate of drug-likeness (QED) is 0.877. The number of carboxylic acids is 1. The summed E-state index contributed by atoms with van der Waals surface area (Å²) in [5, 5.41) is 9.66. The predicted octanol–water partition coefficient (Wildman–Crippen LogP) is 2.97. The van der Waals surface area contributed by atoms with Crippen molar-refractivity contribution in [2.75, 3.05) is 5.75 Å². The lowest BCUT2D eigenvalue weighted by atomic mass is 10.1. The van der Waals surface area contributed by atoms with Crippen LogP contribution in [0.5, 0.6) is 0 Å². The Morgan fingerprint density at radius 3 is 3.10 bits per heavy atom. The van der Waals surface area contributed by atoms with Crippen molar-refractivity contribution in [2.45, 2.75) is 37.4 Å². The topological polar surface area (TPSA) is 68.0 Å². The molecule has 1 aliphatic rings. The molecule has 2 heterocycles. The number of pyridine rings is 1. The summed E-state index contributed by atoms with van der Waals surface area (Å²) in [5.74, 6) is -0.204. The van der Waals surface area contributed by atoms with Gasteiger partial charge in [-0.1, -0.05) is 25.1 Å². The monoisotopic (exact) mass is 291 g/mol. The highest BCUT2D eigenvalue weighted by atomic mass is 32.2. The fourth-order valence-corrected chi connectivity index (χ4v) is 3.72. The number of thioether (sulfide) groups is 1. The van der Waals surface area contributed by atoms with Crippen molar-refractivity contribution in [3.63, 3.8) is 0 Å². The Bertz CT molecular complexity index is 640. The Morgan fingerprint density at radius 2 is 2.40 bits per heavy atom. The Kier molecular flexibility index (Phi) is 3.65. The second kappa shape index (κ2) is 5.44. The molecule has 0 saturated heterocycles. The first-order chi connectivity index (χ1) is 9.66. The minimum Gasteiger partial charge on any atom is -0.481 e. The van der Waals surface area contributed by atoms with Gasteiger partial charge >= 0.3 is 5.97 Å². The molecule has 20 heavy (non-hydrogen) atoms. The maximum absolute atomic E-state index is 10.8. The van der Waals surface area contributed by atoms with E-state index in [1.165, 1.54) is 24.6 Å². The molecule has 0 spiro atoms. The molecule has 3 rings (SSSR count). The average molecular weight is 291 g/mol. The molecule has 2 unspecified atom stereocenters. The van der Waals surface area contributed by atoms with Gasteiger partial charge in [0.1, 0.15) is 5.52 Å². The first kappa shape index (κ1) is 13.4. The lowest BCUT2D eigenvalue weighted by molar-refractivity contribution is -0.133. The van der Waals surface area contributed by atoms with E-state index >= 15 is 0 Å². The molecule has 2 atom stereocenters. The van der Waals surface area contributed by atoms with Crippen molar-refractivity contribution in [3.05, 3.63) is 18.3 Å². The average Bonchev–Trinajstić information content (AvgIpc) is 2.99. The smallest absolute Gasteiger partial charge is 0.313 e. The Balaban J connectivity index is 2.05. The van der Waals surface area contributed by atoms with Gasteiger partial charge in [-0.3, -0.25) is 4.79 Å². The van der Waals surface area contributed by atoms with Crippen LogP contribution >= 0.6 is 11.8 Å². The maximum Gasteiger partial charge on any atom is 0.313 e. The van der Waals surface area contributed by atoms with Crippen molar-refractivity contribution >= 4 is 28.9 Å². The second-order valence-corrected chi connectivity index (χ2v) is 6.21. The van der Waals surface area contributed by atoms with Gasteiger partial charge in [0, 0.05) is 12.2 Å². The van der Waals surface area contributed by atoms with Crippen LogP contribution in [0.1, 0.15) is 32.2 Å². The molecule has 5 nitrogen and oxygen atoms in total. The van der Waals surface area contributed by atoms with Gasteiger partial charge < -0.3 is 9.67 Å². The SMILES string of the molecule is CC1CCCC1n1c(SCC(=O)O)nc2cccnc21. The third-order valence-corrected chi connectivity index (χ3v) is 4.83. The molecule has 1 saturated carbocycles. The Hall–Kier alpha value is -1.56. The molecule has 1 fully saturated rings. The highest BCUT2D eigenvalue weighted by Gasteiger charge is 2.29. The molecule has 1 aliphatic carbocycles. The molecule has 6 heteroatoms. The van der Waals surface area contributed by atoms with Crippen LogP contribution in [0, 0.1) is 5.92 Å². The molecule has 2 aromatic heterocycles. The van der Waals surface area contributed by atoms with E-state index in [0.29, 0.717) is 12.0 Å². The molecule has 0 aliphatic heterocycles. The summed E-state index contributed by atoms with van der Waals surface area (Å²) < 4.78 is 2.15. The van der Waals surface area contributed by atoms with Crippen LogP contribution < -0.4 is 0 Å². The predicted molar refractivity (Wildman–Crippen MR) is 77.9 cm³/mol. The number of hydrogen-bond acceptors (Lipinski definition) is 4. The fourth-order valence-electron chi connectivity index (χ4n) is 2.95. The number of aliphatic carboxylic acids is 1. The van der Waals surface area contributed by atoms with Gasteiger partial charge in [-0.2, -0.15) is 0 Å². The molecule has 0 radical (unpaired) electrons. The van der Waals surface area contributed by atoms with Gasteiger partial charge in [-0.15, -0.1) is 0 Å². The van der Waals surface area contributed by atoms with Crippen molar-refractivity contribution in [1.29, 1.82) is 0 Å². The number of fused-ring (bicyclic) bond motifs is 1. The van der Waals surface area contributed by atoms with E-state index in [2.05, 4.69) is 21.5 Å². The van der Waals surface area contributed by atoms with E-state index in [-0.39, 0.29) is 5.75 Å². The van der Waals surface area contributed by atoms with Crippen LogP contribution in [0.4, 0.5) is 0 Å². The van der Waals surface area contributed by atoms with Crippen LogP contribution in [0.3, 0.4) is 0 Å². The zero-order valence-electron chi connectivity index (χ0n) is 11.3. The van der Waals surface area contributed by atoms with Crippen LogP contribution in [0.25, 0.3) is 11.2 Å². The van der Waals surface area contributed by atoms with Crippen LogP contribution in [0.15, 0.2) is 23.5 Å². The van der Waals surface area contributed by atoms with Crippen molar-refractivity contribution in [1.82, 2.24) is 14.5 Å². The maximum atomic E-state index is 10.8. The first-order valence-electron chi connectivity index (χ1n) is 6.84. The summed E-state index contributed by atoms with van der Waals surface area (Å²) >= 11 is 1.28. The fraction of sp³-hybridized carbons (Fsp3) is 0.500. The zero-order chi connectivity index (χ0) is 14.1. The van der Waals surface area contributed by atoms with Gasteiger partial charge in [-0.05, 0) is 30.9 Å². The van der Waals surface area contributed by atoms with E-state index in [1.807, 2.05) is 12.1 Å². The third kappa shape index (κ3) is 2.40. The number of rotatable bonds is 4. The lowest BCUT2D eigenvalue weighted by Gasteiger charge is -2.19. The molecule has 106 valence electrons. The summed E-state index contributed by atoms with van der Waals surface area (Å²) in [6.45, 7) is 2.25. The van der Waals surface area contributed by atoms with Crippen molar-refractivity contribution in [3.8, 4) is 0 Å². The van der Waals surface area contributed by atoms with E-state index in [9.17, 15) is 4.79 Å². The number of hydrogen-bond donors (Lipinski definition) is 1. The highest BCUT2D eigenvalue weighted by molar-refractivity contribution is 7.99. The van der Waals surface area contributed by atoms with Crippen LogP contribution in [-0.2, 0) is 4.79 Å². The normalized spacial score (nSPS) is 22.4. The van der Waals surface area contributed by atoms with Crippen LogP contribution in [-0.4, -0.2) is 31.4 Å². The number of imidazole rings is 1. The minimum atomic E-state index is -0.818. The number of nitrogens with zero attached hydrogens (tertiary/aromatic N) is 3. The molecule has 0 amide bonds. The number of aromatic nitrogens is 3. The number of carboxylic acid groups (broad SMARTS) is 1. The minimum absolute atomic E-state index is 0.0322. The highest BCUT2D eigenvalue weighted by Crippen LogP contribution is 2.39. The van der Waals surface area contributed by atoms with Gasteiger partial charge in [0.15, 0.2) is 10.8 Å². The molecule has 1 N–H and O–H groups in total. The summed E-state index contributed by atoms with van der Waals surface area (Å²) in [6.07, 6.45) is 5.30. The van der Waals surface area contributed by atoms with Gasteiger partial charge in [0.25, 0.3) is 0 Å². The van der Waals surface area contributed by atoms with E-state index in [1.54, 1.807) is 6.20 Å².